The molecule has 1 saturated carbocycles. The van der Waals surface area contributed by atoms with Gasteiger partial charge in [0.25, 0.3) is 0 Å². The summed E-state index contributed by atoms with van der Waals surface area (Å²) in [6.07, 6.45) is 6.48. The van der Waals surface area contributed by atoms with E-state index in [4.69, 9.17) is 0 Å². The fourth-order valence-electron chi connectivity index (χ4n) is 10.1. The molecule has 0 bridgehead atoms. The fraction of sp³-hybridized carbons (Fsp3) is 0.100. The van der Waals surface area contributed by atoms with Crippen LogP contribution in [0.25, 0.3) is 76.8 Å². The van der Waals surface area contributed by atoms with E-state index in [1.54, 1.807) is 0 Å². The maximum absolute atomic E-state index is 2.50. The molecule has 1 aliphatic carbocycles. The van der Waals surface area contributed by atoms with Crippen LogP contribution in [0.4, 0.5) is 17.1 Å². The Balaban J connectivity index is 1.09. The number of hydrogen-bond donors (Lipinski definition) is 0. The average Bonchev–Trinajstić information content (AvgIpc) is 3.34. The van der Waals surface area contributed by atoms with Crippen LogP contribution in [-0.2, 0) is 0 Å². The van der Waals surface area contributed by atoms with Crippen molar-refractivity contribution in [1.29, 1.82) is 0 Å². The zero-order valence-corrected chi connectivity index (χ0v) is 34.3. The lowest BCUT2D eigenvalue weighted by Gasteiger charge is -2.31. The second-order valence-electron chi connectivity index (χ2n) is 16.6. The maximum Gasteiger partial charge on any atom is 0.0540 e. The van der Waals surface area contributed by atoms with Crippen molar-refractivity contribution in [3.05, 3.63) is 224 Å². The molecule has 1 aliphatic rings. The van der Waals surface area contributed by atoms with Crippen LogP contribution in [0, 0.1) is 0 Å². The Morgan fingerprint density at radius 3 is 1.66 bits per heavy atom. The van der Waals surface area contributed by atoms with Crippen molar-refractivity contribution in [2.24, 2.45) is 0 Å². The minimum atomic E-state index is 0.584. The van der Waals surface area contributed by atoms with Gasteiger partial charge in [-0.3, -0.25) is 0 Å². The molecule has 0 radical (unpaired) electrons. The third-order valence-corrected chi connectivity index (χ3v) is 13.1. The Hall–Kier alpha value is -7.22. The second-order valence-corrected chi connectivity index (χ2v) is 16.6. The van der Waals surface area contributed by atoms with E-state index in [9.17, 15) is 0 Å². The summed E-state index contributed by atoms with van der Waals surface area (Å²) in [5, 5.41) is 7.81. The monoisotopic (exact) mass is 781 g/mol. The lowest BCUT2D eigenvalue weighted by Crippen LogP contribution is -2.12. The molecule has 61 heavy (non-hydrogen) atoms. The Kier molecular flexibility index (Phi) is 9.71. The fourth-order valence-corrected chi connectivity index (χ4v) is 10.1. The van der Waals surface area contributed by atoms with E-state index < -0.39 is 0 Å². The SMILES string of the molecule is c1ccc(-c2ccc(-c3ccccc3N(c3ccc(-c4cccc5c4ccc4ccccc45)cc3)c3ccccc3-c3cccc4cccc(C5CCCCC5)c34)cc2)cc1. The minimum absolute atomic E-state index is 0.584. The summed E-state index contributed by atoms with van der Waals surface area (Å²) < 4.78 is 0. The summed E-state index contributed by atoms with van der Waals surface area (Å²) in [5.74, 6) is 0.584. The lowest BCUT2D eigenvalue weighted by molar-refractivity contribution is 0.445. The first kappa shape index (κ1) is 36.8. The van der Waals surface area contributed by atoms with Gasteiger partial charge >= 0.3 is 0 Å². The van der Waals surface area contributed by atoms with Gasteiger partial charge in [-0.2, -0.15) is 0 Å². The van der Waals surface area contributed by atoms with Crippen molar-refractivity contribution >= 4 is 49.4 Å². The smallest absolute Gasteiger partial charge is 0.0540 e. The van der Waals surface area contributed by atoms with Crippen molar-refractivity contribution < 1.29 is 0 Å². The van der Waals surface area contributed by atoms with Crippen molar-refractivity contribution in [2.45, 2.75) is 38.0 Å². The van der Waals surface area contributed by atoms with E-state index in [0.29, 0.717) is 5.92 Å². The topological polar surface area (TPSA) is 3.24 Å². The number of rotatable bonds is 8. The van der Waals surface area contributed by atoms with Crippen LogP contribution < -0.4 is 4.90 Å². The largest absolute Gasteiger partial charge is 0.309 e. The summed E-state index contributed by atoms with van der Waals surface area (Å²) in [6.45, 7) is 0. The van der Waals surface area contributed by atoms with Gasteiger partial charge in [0.1, 0.15) is 0 Å². The van der Waals surface area contributed by atoms with Crippen molar-refractivity contribution in [3.8, 4) is 44.5 Å². The molecule has 0 N–H and O–H groups in total. The van der Waals surface area contributed by atoms with Gasteiger partial charge in [-0.25, -0.2) is 0 Å². The summed E-state index contributed by atoms with van der Waals surface area (Å²) in [6, 6.07) is 80.8. The third-order valence-electron chi connectivity index (χ3n) is 13.1. The quantitative estimate of drug-likeness (QED) is 0.139. The number of para-hydroxylation sites is 2. The first-order valence-electron chi connectivity index (χ1n) is 22.0. The maximum atomic E-state index is 2.50. The normalized spacial score (nSPS) is 13.2. The number of fused-ring (bicyclic) bond motifs is 4. The Bertz CT molecular complexity index is 3150. The minimum Gasteiger partial charge on any atom is -0.309 e. The molecule has 0 atom stereocenters. The summed E-state index contributed by atoms with van der Waals surface area (Å²) in [7, 11) is 0. The number of benzene rings is 10. The molecule has 1 nitrogen and oxygen atoms in total. The molecule has 292 valence electrons. The number of nitrogens with zero attached hydrogens (tertiary/aromatic N) is 1. The highest BCUT2D eigenvalue weighted by atomic mass is 15.1. The molecule has 0 amide bonds. The van der Waals surface area contributed by atoms with E-state index in [1.165, 1.54) is 114 Å². The molecule has 0 aromatic heterocycles. The first-order valence-corrected chi connectivity index (χ1v) is 22.0. The van der Waals surface area contributed by atoms with Crippen LogP contribution in [0.5, 0.6) is 0 Å². The Labute approximate surface area is 359 Å². The van der Waals surface area contributed by atoms with Gasteiger partial charge in [0.15, 0.2) is 0 Å². The molecule has 10 aromatic carbocycles. The molecule has 0 unspecified atom stereocenters. The van der Waals surface area contributed by atoms with Gasteiger partial charge in [0.05, 0.1) is 11.4 Å². The Morgan fingerprint density at radius 1 is 0.311 bits per heavy atom. The van der Waals surface area contributed by atoms with Crippen molar-refractivity contribution in [3.63, 3.8) is 0 Å². The van der Waals surface area contributed by atoms with Crippen LogP contribution in [0.15, 0.2) is 218 Å². The first-order chi connectivity index (χ1) is 30.3. The van der Waals surface area contributed by atoms with Gasteiger partial charge in [-0.1, -0.05) is 213 Å². The van der Waals surface area contributed by atoms with Crippen LogP contribution in [0.3, 0.4) is 0 Å². The molecular weight excluding hydrogens is 735 g/mol. The van der Waals surface area contributed by atoms with Gasteiger partial charge in [-0.15, -0.1) is 0 Å². The van der Waals surface area contributed by atoms with E-state index in [-0.39, 0.29) is 0 Å². The van der Waals surface area contributed by atoms with Crippen LogP contribution in [0.2, 0.25) is 0 Å². The van der Waals surface area contributed by atoms with Gasteiger partial charge in [-0.05, 0) is 114 Å². The zero-order valence-electron chi connectivity index (χ0n) is 34.3. The molecular formula is C60H47N. The zero-order chi connectivity index (χ0) is 40.5. The average molecular weight is 782 g/mol. The molecule has 0 heterocycles. The highest BCUT2D eigenvalue weighted by Gasteiger charge is 2.24. The second kappa shape index (κ2) is 16.1. The molecule has 1 heteroatoms. The van der Waals surface area contributed by atoms with Gasteiger partial charge < -0.3 is 4.90 Å². The van der Waals surface area contributed by atoms with Crippen LogP contribution >= 0.6 is 0 Å². The molecule has 0 saturated heterocycles. The van der Waals surface area contributed by atoms with E-state index in [0.717, 1.165) is 17.1 Å². The molecule has 10 aromatic rings. The third kappa shape index (κ3) is 6.87. The van der Waals surface area contributed by atoms with E-state index >= 15 is 0 Å². The predicted molar refractivity (Wildman–Crippen MR) is 261 cm³/mol. The standard InChI is InChI=1S/C60H47N/c1-3-16-42(17-4-1)43-32-34-47(35-33-43)52-24-9-11-30-58(52)61(49-39-36-46(37-40-49)51-26-15-28-54-50-23-8-7-20-45(50)38-41-55(51)54)59-31-12-10-25-56(59)57-29-14-22-48-21-13-27-53(60(48)57)44-18-5-2-6-19-44/h1,3-4,7-17,20-41,44H,2,5-6,18-19H2. The van der Waals surface area contributed by atoms with Crippen LogP contribution in [0.1, 0.15) is 43.6 Å². The molecule has 0 aliphatic heterocycles. The lowest BCUT2D eigenvalue weighted by atomic mass is 9.80. The van der Waals surface area contributed by atoms with Gasteiger partial charge in [0.2, 0.25) is 0 Å². The Morgan fingerprint density at radius 2 is 0.852 bits per heavy atom. The highest BCUT2D eigenvalue weighted by molar-refractivity contribution is 6.12. The highest BCUT2D eigenvalue weighted by Crippen LogP contribution is 2.48. The predicted octanol–water partition coefficient (Wildman–Crippen LogP) is 17.3. The number of anilines is 3. The molecule has 1 fully saturated rings. The van der Waals surface area contributed by atoms with Crippen molar-refractivity contribution in [2.75, 3.05) is 4.90 Å². The van der Waals surface area contributed by atoms with Crippen molar-refractivity contribution in [1.82, 2.24) is 0 Å². The summed E-state index contributed by atoms with van der Waals surface area (Å²) in [4.78, 5) is 2.50. The molecule has 11 rings (SSSR count). The summed E-state index contributed by atoms with van der Waals surface area (Å²) in [5.41, 5.74) is 14.7. The number of hydrogen-bond acceptors (Lipinski definition) is 1. The van der Waals surface area contributed by atoms with Crippen LogP contribution in [-0.4, -0.2) is 0 Å². The van der Waals surface area contributed by atoms with E-state index in [1.807, 2.05) is 0 Å². The van der Waals surface area contributed by atoms with Gasteiger partial charge in [0, 0.05) is 16.8 Å². The molecule has 0 spiro atoms. The summed E-state index contributed by atoms with van der Waals surface area (Å²) >= 11 is 0. The van der Waals surface area contributed by atoms with E-state index in [2.05, 4.69) is 223 Å².